The average Bonchev–Trinajstić information content (AvgIpc) is 2.76. The number of hydrogen-bond donors (Lipinski definition) is 2. The van der Waals surface area contributed by atoms with E-state index in [9.17, 15) is 9.18 Å². The Hall–Kier alpha value is -1.95. The van der Waals surface area contributed by atoms with E-state index in [0.717, 1.165) is 5.13 Å². The summed E-state index contributed by atoms with van der Waals surface area (Å²) in [6.07, 6.45) is 0. The molecule has 1 heterocycles. The molecule has 0 aliphatic carbocycles. The zero-order valence-corrected chi connectivity index (χ0v) is 10.8. The minimum absolute atomic E-state index is 0.228. The summed E-state index contributed by atoms with van der Waals surface area (Å²) in [6.45, 7) is 1.38. The number of thiazole rings is 1. The van der Waals surface area contributed by atoms with Gasteiger partial charge in [-0.05, 0) is 18.2 Å². The number of anilines is 2. The molecule has 1 aromatic heterocycles. The van der Waals surface area contributed by atoms with Crippen LogP contribution in [0, 0.1) is 5.82 Å². The highest BCUT2D eigenvalue weighted by Gasteiger charge is 2.10. The van der Waals surface area contributed by atoms with Gasteiger partial charge in [0, 0.05) is 30.6 Å². The van der Waals surface area contributed by atoms with E-state index in [1.807, 2.05) is 0 Å². The number of rotatable bonds is 3. The van der Waals surface area contributed by atoms with Gasteiger partial charge in [0.15, 0.2) is 5.13 Å². The Morgan fingerprint density at radius 2 is 2.22 bits per heavy atom. The van der Waals surface area contributed by atoms with Crippen LogP contribution in [0.4, 0.5) is 15.2 Å². The molecule has 0 aliphatic heterocycles. The fraction of sp³-hybridized carbons (Fsp3) is 0.167. The van der Waals surface area contributed by atoms with Crippen LogP contribution in [-0.2, 0) is 4.79 Å². The van der Waals surface area contributed by atoms with Crippen molar-refractivity contribution in [2.24, 2.45) is 0 Å². The summed E-state index contributed by atoms with van der Waals surface area (Å²) in [5, 5.41) is 7.95. The molecule has 0 saturated heterocycles. The van der Waals surface area contributed by atoms with Crippen LogP contribution in [0.25, 0.3) is 11.3 Å². The second kappa shape index (κ2) is 5.14. The number of hydrogen-bond acceptors (Lipinski definition) is 4. The van der Waals surface area contributed by atoms with Gasteiger partial charge in [-0.25, -0.2) is 9.37 Å². The minimum atomic E-state index is -0.408. The van der Waals surface area contributed by atoms with Crippen LogP contribution in [0.5, 0.6) is 0 Å². The molecule has 6 heteroatoms. The van der Waals surface area contributed by atoms with Gasteiger partial charge in [0.05, 0.1) is 5.69 Å². The van der Waals surface area contributed by atoms with E-state index in [0.29, 0.717) is 16.9 Å². The SMILES string of the molecule is CNc1nc(-c2ccc(NC(C)=O)cc2F)cs1. The van der Waals surface area contributed by atoms with Crippen molar-refractivity contribution in [2.45, 2.75) is 6.92 Å². The Bertz CT molecular complexity index is 582. The van der Waals surface area contributed by atoms with Crippen LogP contribution >= 0.6 is 11.3 Å². The van der Waals surface area contributed by atoms with Crippen LogP contribution in [0.1, 0.15) is 6.92 Å². The second-order valence-corrected chi connectivity index (χ2v) is 4.52. The van der Waals surface area contributed by atoms with Crippen LogP contribution in [0.2, 0.25) is 0 Å². The van der Waals surface area contributed by atoms with Crippen molar-refractivity contribution in [3.05, 3.63) is 29.4 Å². The molecule has 0 unspecified atom stereocenters. The third kappa shape index (κ3) is 2.65. The molecule has 0 bridgehead atoms. The quantitative estimate of drug-likeness (QED) is 0.897. The summed E-state index contributed by atoms with van der Waals surface area (Å²) in [6, 6.07) is 4.54. The van der Waals surface area contributed by atoms with Gasteiger partial charge in [-0.3, -0.25) is 4.79 Å². The molecular weight excluding hydrogens is 253 g/mol. The van der Waals surface area contributed by atoms with Crippen molar-refractivity contribution in [2.75, 3.05) is 17.7 Å². The Morgan fingerprint density at radius 1 is 1.44 bits per heavy atom. The Kier molecular flexibility index (Phi) is 3.57. The molecule has 0 fully saturated rings. The molecule has 2 N–H and O–H groups in total. The molecule has 18 heavy (non-hydrogen) atoms. The van der Waals surface area contributed by atoms with Gasteiger partial charge in [0.1, 0.15) is 5.82 Å². The molecule has 0 aliphatic rings. The Morgan fingerprint density at radius 3 is 2.78 bits per heavy atom. The summed E-state index contributed by atoms with van der Waals surface area (Å²) in [5.74, 6) is -0.637. The third-order valence-electron chi connectivity index (χ3n) is 2.28. The van der Waals surface area contributed by atoms with Crippen LogP contribution in [0.15, 0.2) is 23.6 Å². The first-order chi connectivity index (χ1) is 8.60. The lowest BCUT2D eigenvalue weighted by molar-refractivity contribution is -0.114. The number of benzene rings is 1. The fourth-order valence-electron chi connectivity index (χ4n) is 1.52. The van der Waals surface area contributed by atoms with Gasteiger partial charge < -0.3 is 10.6 Å². The predicted octanol–water partition coefficient (Wildman–Crippen LogP) is 2.95. The molecule has 2 rings (SSSR count). The number of carbonyl (C=O) groups is 1. The normalized spacial score (nSPS) is 10.2. The zero-order chi connectivity index (χ0) is 13.1. The number of halogens is 1. The first kappa shape index (κ1) is 12.5. The topological polar surface area (TPSA) is 54.0 Å². The van der Waals surface area contributed by atoms with E-state index in [1.165, 1.54) is 24.3 Å². The molecule has 0 spiro atoms. The highest BCUT2D eigenvalue weighted by molar-refractivity contribution is 7.14. The molecule has 0 saturated carbocycles. The van der Waals surface area contributed by atoms with Crippen molar-refractivity contribution in [1.29, 1.82) is 0 Å². The maximum absolute atomic E-state index is 13.9. The number of carbonyl (C=O) groups excluding carboxylic acids is 1. The average molecular weight is 265 g/mol. The van der Waals surface area contributed by atoms with E-state index in [4.69, 9.17) is 0 Å². The molecule has 0 atom stereocenters. The molecule has 94 valence electrons. The number of aromatic nitrogens is 1. The van der Waals surface area contributed by atoms with Gasteiger partial charge in [0.2, 0.25) is 5.91 Å². The molecule has 0 radical (unpaired) electrons. The first-order valence-electron chi connectivity index (χ1n) is 5.31. The van der Waals surface area contributed by atoms with E-state index in [-0.39, 0.29) is 5.91 Å². The van der Waals surface area contributed by atoms with Crippen molar-refractivity contribution in [1.82, 2.24) is 4.98 Å². The molecule has 1 amide bonds. The lowest BCUT2D eigenvalue weighted by Gasteiger charge is -2.04. The van der Waals surface area contributed by atoms with Gasteiger partial charge in [-0.1, -0.05) is 0 Å². The molecule has 4 nitrogen and oxygen atoms in total. The fourth-order valence-corrected chi connectivity index (χ4v) is 2.19. The summed E-state index contributed by atoms with van der Waals surface area (Å²) in [4.78, 5) is 15.1. The first-order valence-corrected chi connectivity index (χ1v) is 6.19. The summed E-state index contributed by atoms with van der Waals surface area (Å²) < 4.78 is 13.9. The zero-order valence-electron chi connectivity index (χ0n) is 9.95. The van der Waals surface area contributed by atoms with E-state index in [1.54, 1.807) is 24.6 Å². The Labute approximate surface area is 108 Å². The number of amides is 1. The van der Waals surface area contributed by atoms with Crippen LogP contribution in [0.3, 0.4) is 0 Å². The van der Waals surface area contributed by atoms with Crippen molar-refractivity contribution < 1.29 is 9.18 Å². The van der Waals surface area contributed by atoms with Crippen molar-refractivity contribution in [3.8, 4) is 11.3 Å². The van der Waals surface area contributed by atoms with Gasteiger partial charge in [0.25, 0.3) is 0 Å². The van der Waals surface area contributed by atoms with Crippen molar-refractivity contribution >= 4 is 28.1 Å². The van der Waals surface area contributed by atoms with Gasteiger partial charge >= 0.3 is 0 Å². The highest BCUT2D eigenvalue weighted by Crippen LogP contribution is 2.28. The summed E-state index contributed by atoms with van der Waals surface area (Å²) in [7, 11) is 1.76. The standard InChI is InChI=1S/C12H12FN3OS/c1-7(17)15-8-3-4-9(10(13)5-8)11-6-18-12(14-2)16-11/h3-6H,1-2H3,(H,14,16)(H,15,17). The Balaban J connectivity index is 2.32. The summed E-state index contributed by atoms with van der Waals surface area (Å²) in [5.41, 5.74) is 1.44. The second-order valence-electron chi connectivity index (χ2n) is 3.66. The van der Waals surface area contributed by atoms with Crippen molar-refractivity contribution in [3.63, 3.8) is 0 Å². The van der Waals surface area contributed by atoms with Crippen LogP contribution < -0.4 is 10.6 Å². The molecular formula is C12H12FN3OS. The largest absolute Gasteiger partial charge is 0.365 e. The highest BCUT2D eigenvalue weighted by atomic mass is 32.1. The third-order valence-corrected chi connectivity index (χ3v) is 3.14. The van der Waals surface area contributed by atoms with Gasteiger partial charge in [-0.15, -0.1) is 11.3 Å². The van der Waals surface area contributed by atoms with Crippen LogP contribution in [-0.4, -0.2) is 17.9 Å². The minimum Gasteiger partial charge on any atom is -0.365 e. The summed E-state index contributed by atoms with van der Waals surface area (Å²) >= 11 is 1.41. The maximum atomic E-state index is 13.9. The van der Waals surface area contributed by atoms with E-state index >= 15 is 0 Å². The number of nitrogens with zero attached hydrogens (tertiary/aromatic N) is 1. The van der Waals surface area contributed by atoms with E-state index in [2.05, 4.69) is 15.6 Å². The monoisotopic (exact) mass is 265 g/mol. The number of nitrogens with one attached hydrogen (secondary N) is 2. The molecule has 1 aromatic carbocycles. The predicted molar refractivity (Wildman–Crippen MR) is 71.4 cm³/mol. The van der Waals surface area contributed by atoms with Gasteiger partial charge in [-0.2, -0.15) is 0 Å². The smallest absolute Gasteiger partial charge is 0.221 e. The maximum Gasteiger partial charge on any atom is 0.221 e. The lowest BCUT2D eigenvalue weighted by atomic mass is 10.1. The lowest BCUT2D eigenvalue weighted by Crippen LogP contribution is -2.05. The van der Waals surface area contributed by atoms with E-state index < -0.39 is 5.82 Å². The molecule has 2 aromatic rings.